The monoisotopic (exact) mass is 443 g/mol. The molecular weight excluding hydrogens is 415 g/mol. The molecule has 2 saturated heterocycles. The van der Waals surface area contributed by atoms with E-state index in [2.05, 4.69) is 15.4 Å². The fourth-order valence-corrected chi connectivity index (χ4v) is 4.24. The maximum Gasteiger partial charge on any atom is 0.573 e. The Labute approximate surface area is 179 Å². The van der Waals surface area contributed by atoms with Crippen LogP contribution < -0.4 is 20.3 Å². The number of hydrogen-bond acceptors (Lipinski definition) is 6. The Kier molecular flexibility index (Phi) is 6.40. The quantitative estimate of drug-likeness (QED) is 0.674. The van der Waals surface area contributed by atoms with E-state index in [9.17, 15) is 22.8 Å². The van der Waals surface area contributed by atoms with Crippen molar-refractivity contribution in [1.82, 2.24) is 10.6 Å². The highest BCUT2D eigenvalue weighted by molar-refractivity contribution is 5.97. The van der Waals surface area contributed by atoms with Crippen LogP contribution in [0.5, 0.6) is 5.75 Å². The summed E-state index contributed by atoms with van der Waals surface area (Å²) in [5.74, 6) is -0.558. The number of carbonyl (C=O) groups is 2. The van der Waals surface area contributed by atoms with Gasteiger partial charge in [0.2, 0.25) is 0 Å². The molecule has 1 aromatic rings. The van der Waals surface area contributed by atoms with Crippen molar-refractivity contribution in [3.8, 4) is 5.75 Å². The Hall–Kier alpha value is -2.49. The number of piperazine rings is 1. The number of nitrogens with zero attached hydrogens (tertiary/aromatic N) is 1. The van der Waals surface area contributed by atoms with Crippen LogP contribution in [0.2, 0.25) is 0 Å². The molecule has 0 unspecified atom stereocenters. The predicted molar refractivity (Wildman–Crippen MR) is 108 cm³/mol. The summed E-state index contributed by atoms with van der Waals surface area (Å²) in [5, 5.41) is 6.00. The van der Waals surface area contributed by atoms with Crippen molar-refractivity contribution in [2.24, 2.45) is 5.92 Å². The lowest BCUT2D eigenvalue weighted by atomic mass is 9.85. The number of Topliss-reactive ketones (excluding diaryl/α,β-unsaturated/α-hetero) is 1. The van der Waals surface area contributed by atoms with E-state index in [-0.39, 0.29) is 29.6 Å². The summed E-state index contributed by atoms with van der Waals surface area (Å²) >= 11 is 0. The highest BCUT2D eigenvalue weighted by Gasteiger charge is 2.56. The maximum absolute atomic E-state index is 13.5. The van der Waals surface area contributed by atoms with Crippen molar-refractivity contribution < 1.29 is 32.2 Å². The number of ether oxygens (including phenoxy) is 2. The molecule has 10 heteroatoms. The van der Waals surface area contributed by atoms with Crippen LogP contribution in [0.1, 0.15) is 34.1 Å². The van der Waals surface area contributed by atoms with Crippen LogP contribution >= 0.6 is 0 Å². The van der Waals surface area contributed by atoms with E-state index in [1.807, 2.05) is 18.7 Å². The number of carbonyl (C=O) groups excluding carboxylic acids is 2. The Balaban J connectivity index is 1.73. The number of alkyl halides is 3. The number of rotatable bonds is 7. The Bertz CT molecular complexity index is 813. The number of fused-ring (bicyclic) bond motifs is 2. The molecule has 2 aliphatic rings. The van der Waals surface area contributed by atoms with Crippen LogP contribution in [0, 0.1) is 5.92 Å². The fraction of sp³-hybridized carbons (Fsp3) is 0.619. The van der Waals surface area contributed by atoms with E-state index < -0.39 is 24.0 Å². The van der Waals surface area contributed by atoms with Gasteiger partial charge in [-0.25, -0.2) is 4.79 Å². The number of benzene rings is 1. The van der Waals surface area contributed by atoms with Crippen LogP contribution in [0.25, 0.3) is 0 Å². The molecule has 172 valence electrons. The van der Waals surface area contributed by atoms with Gasteiger partial charge in [-0.3, -0.25) is 4.79 Å². The third-order valence-corrected chi connectivity index (χ3v) is 5.58. The molecule has 3 rings (SSSR count). The summed E-state index contributed by atoms with van der Waals surface area (Å²) in [7, 11) is 0. The third kappa shape index (κ3) is 5.23. The Morgan fingerprint density at radius 3 is 2.39 bits per heavy atom. The second-order valence-corrected chi connectivity index (χ2v) is 8.67. The average molecular weight is 443 g/mol. The van der Waals surface area contributed by atoms with Crippen molar-refractivity contribution in [1.29, 1.82) is 0 Å². The number of halogens is 3. The molecule has 0 aliphatic carbocycles. The first-order valence-electron chi connectivity index (χ1n) is 10.3. The van der Waals surface area contributed by atoms with Gasteiger partial charge in [-0.05, 0) is 50.5 Å². The summed E-state index contributed by atoms with van der Waals surface area (Å²) < 4.78 is 46.2. The molecule has 1 aromatic carbocycles. The molecule has 0 spiro atoms. The van der Waals surface area contributed by atoms with Gasteiger partial charge in [-0.15, -0.1) is 13.2 Å². The number of hydrogen-bond donors (Lipinski definition) is 2. The zero-order valence-electron chi connectivity index (χ0n) is 18.0. The van der Waals surface area contributed by atoms with Crippen molar-refractivity contribution in [2.75, 3.05) is 18.0 Å². The Morgan fingerprint density at radius 2 is 1.84 bits per heavy atom. The number of amides is 1. The van der Waals surface area contributed by atoms with Crippen LogP contribution in [-0.2, 0) is 9.53 Å². The van der Waals surface area contributed by atoms with Crippen molar-refractivity contribution in [3.05, 3.63) is 24.3 Å². The van der Waals surface area contributed by atoms with Gasteiger partial charge >= 0.3 is 12.5 Å². The summed E-state index contributed by atoms with van der Waals surface area (Å²) in [6.07, 6.45) is -5.13. The fourth-order valence-electron chi connectivity index (χ4n) is 4.24. The molecule has 7 nitrogen and oxygen atoms in total. The topological polar surface area (TPSA) is 79.9 Å². The molecule has 2 N–H and O–H groups in total. The van der Waals surface area contributed by atoms with Gasteiger partial charge in [0.05, 0.1) is 17.7 Å². The first-order valence-corrected chi connectivity index (χ1v) is 10.3. The molecule has 0 saturated carbocycles. The van der Waals surface area contributed by atoms with Crippen LogP contribution in [0.15, 0.2) is 24.3 Å². The maximum atomic E-state index is 13.5. The Morgan fingerprint density at radius 1 is 1.19 bits per heavy atom. The molecule has 0 aromatic heterocycles. The minimum Gasteiger partial charge on any atom is -0.447 e. The highest BCUT2D eigenvalue weighted by Crippen LogP contribution is 2.38. The standard InChI is InChI=1S/C21H28F3N3O4/c1-12(2)17(26-19(29)30-13(3)4)18(28)20-9-15(10-25-20)27(11-20)14-5-7-16(8-6-14)31-21(22,23)24/h5-8,12-13,15,17,25H,9-11H2,1-4H3,(H,26,29)/t15-,17-,20-/m0/s1. The highest BCUT2D eigenvalue weighted by atomic mass is 19.4. The number of ketones is 1. The van der Waals surface area contributed by atoms with Gasteiger partial charge in [-0.1, -0.05) is 13.8 Å². The van der Waals surface area contributed by atoms with Crippen LogP contribution in [-0.4, -0.2) is 55.1 Å². The van der Waals surface area contributed by atoms with Gasteiger partial charge in [0.25, 0.3) is 0 Å². The van der Waals surface area contributed by atoms with E-state index in [1.165, 1.54) is 12.1 Å². The average Bonchev–Trinajstić information content (AvgIpc) is 3.24. The molecule has 0 radical (unpaired) electrons. The van der Waals surface area contributed by atoms with E-state index in [0.717, 1.165) is 0 Å². The first-order chi connectivity index (χ1) is 14.4. The van der Waals surface area contributed by atoms with Gasteiger partial charge in [0.1, 0.15) is 5.75 Å². The van der Waals surface area contributed by atoms with Crippen molar-refractivity contribution in [3.63, 3.8) is 0 Å². The van der Waals surface area contributed by atoms with Crippen LogP contribution in [0.3, 0.4) is 0 Å². The number of nitrogens with one attached hydrogen (secondary N) is 2. The lowest BCUT2D eigenvalue weighted by molar-refractivity contribution is -0.274. The molecule has 2 heterocycles. The van der Waals surface area contributed by atoms with Gasteiger partial charge in [-0.2, -0.15) is 0 Å². The third-order valence-electron chi connectivity index (χ3n) is 5.58. The lowest BCUT2D eigenvalue weighted by Gasteiger charge is -2.36. The SMILES string of the molecule is CC(C)OC(=O)N[C@H](C(=O)[C@@]12C[C@@H](CN1)N(c1ccc(OC(F)(F)F)cc1)C2)C(C)C. The predicted octanol–water partition coefficient (Wildman–Crippen LogP) is 3.23. The van der Waals surface area contributed by atoms with Crippen molar-refractivity contribution >= 4 is 17.6 Å². The summed E-state index contributed by atoms with van der Waals surface area (Å²) in [6, 6.07) is 4.93. The molecule has 31 heavy (non-hydrogen) atoms. The molecule has 2 fully saturated rings. The number of anilines is 1. The second-order valence-electron chi connectivity index (χ2n) is 8.67. The molecule has 2 bridgehead atoms. The summed E-state index contributed by atoms with van der Waals surface area (Å²) in [4.78, 5) is 27.6. The zero-order valence-corrected chi connectivity index (χ0v) is 18.0. The van der Waals surface area contributed by atoms with E-state index in [4.69, 9.17) is 4.74 Å². The second kappa shape index (κ2) is 8.57. The van der Waals surface area contributed by atoms with Gasteiger partial charge < -0.3 is 25.0 Å². The van der Waals surface area contributed by atoms with E-state index >= 15 is 0 Å². The van der Waals surface area contributed by atoms with Gasteiger partial charge in [0.15, 0.2) is 5.78 Å². The minimum atomic E-state index is -4.75. The lowest BCUT2D eigenvalue weighted by Crippen LogP contribution is -2.62. The number of alkyl carbamates (subject to hydrolysis) is 1. The largest absolute Gasteiger partial charge is 0.573 e. The minimum absolute atomic E-state index is 0.0220. The molecule has 3 atom stereocenters. The first kappa shape index (κ1) is 23.2. The molecule has 1 amide bonds. The van der Waals surface area contributed by atoms with E-state index in [0.29, 0.717) is 25.2 Å². The molecule has 2 aliphatic heterocycles. The smallest absolute Gasteiger partial charge is 0.447 e. The summed E-state index contributed by atoms with van der Waals surface area (Å²) in [5.41, 5.74) is -0.129. The van der Waals surface area contributed by atoms with E-state index in [1.54, 1.807) is 26.0 Å². The zero-order chi connectivity index (χ0) is 23.0. The van der Waals surface area contributed by atoms with Crippen molar-refractivity contribution in [2.45, 2.75) is 64.2 Å². The normalized spacial score (nSPS) is 23.9. The van der Waals surface area contributed by atoms with Gasteiger partial charge in [0, 0.05) is 24.8 Å². The van der Waals surface area contributed by atoms with Crippen LogP contribution in [0.4, 0.5) is 23.7 Å². The summed E-state index contributed by atoms with van der Waals surface area (Å²) in [6.45, 7) is 8.09. The molecular formula is C21H28F3N3O4.